The van der Waals surface area contributed by atoms with Gasteiger partial charge in [-0.2, -0.15) is 9.55 Å². The summed E-state index contributed by atoms with van der Waals surface area (Å²) in [6, 6.07) is 15.1. The lowest BCUT2D eigenvalue weighted by atomic mass is 10.1. The largest absolute Gasteiger partial charge is 0.486 e. The standard InChI is InChI=1S/C18H14FNO3/c19-16-17(23-20-18(16)21)12-5-8-13(9-6-12)22-15-10-7-11-3-1-2-4-14(11)15/h1-6,8-9,15H,7,10H2,(H,20,21). The maximum atomic E-state index is 13.6. The monoisotopic (exact) mass is 311 g/mol. The fraction of sp³-hybridized carbons (Fsp3) is 0.167. The molecule has 1 heterocycles. The average molecular weight is 311 g/mol. The Labute approximate surface area is 131 Å². The number of benzene rings is 2. The van der Waals surface area contributed by atoms with E-state index in [2.05, 4.69) is 12.1 Å². The first kappa shape index (κ1) is 13.8. The molecule has 0 radical (unpaired) electrons. The molecular weight excluding hydrogens is 297 g/mol. The predicted octanol–water partition coefficient (Wildman–Crippen LogP) is 3.84. The SMILES string of the molecule is O=c1[nH]oc(-c2ccc(OC3CCc4ccccc43)cc2)c1F. The van der Waals surface area contributed by atoms with Crippen LogP contribution >= 0.6 is 0 Å². The zero-order valence-electron chi connectivity index (χ0n) is 12.2. The molecule has 1 N–H and O–H groups in total. The minimum absolute atomic E-state index is 0.0407. The lowest BCUT2D eigenvalue weighted by molar-refractivity contribution is 0.207. The lowest BCUT2D eigenvalue weighted by Crippen LogP contribution is -2.03. The number of aromatic nitrogens is 1. The van der Waals surface area contributed by atoms with Crippen molar-refractivity contribution in [1.29, 1.82) is 0 Å². The van der Waals surface area contributed by atoms with E-state index in [1.807, 2.05) is 17.3 Å². The maximum Gasteiger partial charge on any atom is 0.316 e. The Balaban J connectivity index is 1.56. The van der Waals surface area contributed by atoms with Crippen LogP contribution in [0.25, 0.3) is 11.3 Å². The van der Waals surface area contributed by atoms with Crippen LogP contribution in [0.2, 0.25) is 0 Å². The number of aromatic amines is 1. The van der Waals surface area contributed by atoms with Crippen molar-refractivity contribution < 1.29 is 13.7 Å². The van der Waals surface area contributed by atoms with Gasteiger partial charge < -0.3 is 9.26 Å². The van der Waals surface area contributed by atoms with E-state index in [-0.39, 0.29) is 11.9 Å². The number of ether oxygens (including phenoxy) is 1. The third kappa shape index (κ3) is 2.44. The van der Waals surface area contributed by atoms with Crippen LogP contribution in [0.1, 0.15) is 23.7 Å². The number of aryl methyl sites for hydroxylation is 1. The molecule has 23 heavy (non-hydrogen) atoms. The number of halogens is 1. The zero-order valence-corrected chi connectivity index (χ0v) is 12.2. The van der Waals surface area contributed by atoms with Crippen LogP contribution in [0.4, 0.5) is 4.39 Å². The summed E-state index contributed by atoms with van der Waals surface area (Å²) in [4.78, 5) is 11.1. The molecule has 4 rings (SSSR count). The highest BCUT2D eigenvalue weighted by Gasteiger charge is 2.23. The molecule has 2 aromatic carbocycles. The van der Waals surface area contributed by atoms with E-state index in [1.54, 1.807) is 24.3 Å². The average Bonchev–Trinajstić information content (AvgIpc) is 3.13. The van der Waals surface area contributed by atoms with E-state index >= 15 is 0 Å². The highest BCUT2D eigenvalue weighted by Crippen LogP contribution is 2.35. The Hall–Kier alpha value is -2.82. The number of fused-ring (bicyclic) bond motifs is 1. The van der Waals surface area contributed by atoms with Gasteiger partial charge in [-0.15, -0.1) is 0 Å². The fourth-order valence-electron chi connectivity index (χ4n) is 2.97. The first-order chi connectivity index (χ1) is 11.2. The van der Waals surface area contributed by atoms with Crippen molar-refractivity contribution in [2.75, 3.05) is 0 Å². The lowest BCUT2D eigenvalue weighted by Gasteiger charge is -2.15. The van der Waals surface area contributed by atoms with E-state index in [0.29, 0.717) is 11.3 Å². The summed E-state index contributed by atoms with van der Waals surface area (Å²) in [7, 11) is 0. The van der Waals surface area contributed by atoms with Crippen molar-refractivity contribution in [3.05, 3.63) is 75.8 Å². The number of H-pyrrole nitrogens is 1. The van der Waals surface area contributed by atoms with Crippen molar-refractivity contribution in [3.63, 3.8) is 0 Å². The molecule has 1 unspecified atom stereocenters. The van der Waals surface area contributed by atoms with Gasteiger partial charge >= 0.3 is 5.56 Å². The van der Waals surface area contributed by atoms with Gasteiger partial charge in [0.25, 0.3) is 0 Å². The third-order valence-corrected chi connectivity index (χ3v) is 4.12. The van der Waals surface area contributed by atoms with Crippen LogP contribution in [-0.2, 0) is 6.42 Å². The normalized spacial score (nSPS) is 16.3. The number of rotatable bonds is 3. The molecule has 0 fully saturated rings. The Bertz CT molecular complexity index is 895. The van der Waals surface area contributed by atoms with Crippen molar-refractivity contribution in [1.82, 2.24) is 5.16 Å². The second-order valence-corrected chi connectivity index (χ2v) is 5.54. The summed E-state index contributed by atoms with van der Waals surface area (Å²) in [5.74, 6) is -0.301. The molecule has 0 aliphatic heterocycles. The summed E-state index contributed by atoms with van der Waals surface area (Å²) in [6.07, 6.45) is 2.00. The summed E-state index contributed by atoms with van der Waals surface area (Å²) in [6.45, 7) is 0. The van der Waals surface area contributed by atoms with Gasteiger partial charge in [0.15, 0.2) is 0 Å². The molecule has 0 saturated carbocycles. The topological polar surface area (TPSA) is 55.2 Å². The van der Waals surface area contributed by atoms with Gasteiger partial charge in [-0.1, -0.05) is 24.3 Å². The molecule has 116 valence electrons. The van der Waals surface area contributed by atoms with Crippen LogP contribution in [0.15, 0.2) is 57.8 Å². The van der Waals surface area contributed by atoms with Crippen molar-refractivity contribution >= 4 is 0 Å². The van der Waals surface area contributed by atoms with E-state index in [9.17, 15) is 9.18 Å². The van der Waals surface area contributed by atoms with E-state index < -0.39 is 11.4 Å². The maximum absolute atomic E-state index is 13.6. The van der Waals surface area contributed by atoms with Gasteiger partial charge in [-0.25, -0.2) is 0 Å². The first-order valence-electron chi connectivity index (χ1n) is 7.44. The van der Waals surface area contributed by atoms with Gasteiger partial charge in [-0.3, -0.25) is 4.79 Å². The Kier molecular flexibility index (Phi) is 3.26. The van der Waals surface area contributed by atoms with Crippen LogP contribution in [-0.4, -0.2) is 5.16 Å². The van der Waals surface area contributed by atoms with Crippen molar-refractivity contribution in [2.45, 2.75) is 18.9 Å². The summed E-state index contributed by atoms with van der Waals surface area (Å²) in [5.41, 5.74) is 2.17. The minimum Gasteiger partial charge on any atom is -0.486 e. The van der Waals surface area contributed by atoms with E-state index in [4.69, 9.17) is 9.26 Å². The van der Waals surface area contributed by atoms with Gasteiger partial charge in [-0.05, 0) is 48.2 Å². The predicted molar refractivity (Wildman–Crippen MR) is 82.9 cm³/mol. The molecule has 1 aliphatic rings. The van der Waals surface area contributed by atoms with Gasteiger partial charge in [0, 0.05) is 5.56 Å². The molecular formula is C18H14FNO3. The van der Waals surface area contributed by atoms with Gasteiger partial charge in [0.2, 0.25) is 11.6 Å². The second-order valence-electron chi connectivity index (χ2n) is 5.54. The molecule has 1 aromatic heterocycles. The Morgan fingerprint density at radius 1 is 1.13 bits per heavy atom. The fourth-order valence-corrected chi connectivity index (χ4v) is 2.97. The number of hydrogen-bond acceptors (Lipinski definition) is 3. The van der Waals surface area contributed by atoms with E-state index in [1.165, 1.54) is 11.1 Å². The first-order valence-corrected chi connectivity index (χ1v) is 7.44. The molecule has 3 aromatic rings. The minimum atomic E-state index is -0.914. The number of nitrogens with one attached hydrogen (secondary N) is 1. The molecule has 4 nitrogen and oxygen atoms in total. The van der Waals surface area contributed by atoms with Crippen LogP contribution in [0.5, 0.6) is 5.75 Å². The van der Waals surface area contributed by atoms with Crippen LogP contribution in [0, 0.1) is 5.82 Å². The molecule has 1 aliphatic carbocycles. The van der Waals surface area contributed by atoms with E-state index in [0.717, 1.165) is 12.8 Å². The van der Waals surface area contributed by atoms with Crippen LogP contribution in [0.3, 0.4) is 0 Å². The number of hydrogen-bond donors (Lipinski definition) is 1. The van der Waals surface area contributed by atoms with Crippen LogP contribution < -0.4 is 10.3 Å². The highest BCUT2D eigenvalue weighted by atomic mass is 19.1. The third-order valence-electron chi connectivity index (χ3n) is 4.12. The molecule has 0 bridgehead atoms. The molecule has 1 atom stereocenters. The van der Waals surface area contributed by atoms with Gasteiger partial charge in [0.1, 0.15) is 11.9 Å². The summed E-state index contributed by atoms with van der Waals surface area (Å²) in [5, 5.41) is 1.98. The molecule has 0 saturated heterocycles. The molecule has 0 spiro atoms. The smallest absolute Gasteiger partial charge is 0.316 e. The Morgan fingerprint density at radius 3 is 2.65 bits per heavy atom. The summed E-state index contributed by atoms with van der Waals surface area (Å²) < 4.78 is 24.5. The molecule has 5 heteroatoms. The zero-order chi connectivity index (χ0) is 15.8. The Morgan fingerprint density at radius 2 is 1.91 bits per heavy atom. The van der Waals surface area contributed by atoms with Crippen molar-refractivity contribution in [3.8, 4) is 17.1 Å². The summed E-state index contributed by atoms with van der Waals surface area (Å²) >= 11 is 0. The quantitative estimate of drug-likeness (QED) is 0.799. The van der Waals surface area contributed by atoms with Crippen molar-refractivity contribution in [2.24, 2.45) is 0 Å². The highest BCUT2D eigenvalue weighted by molar-refractivity contribution is 5.58. The molecule has 0 amide bonds. The van der Waals surface area contributed by atoms with Gasteiger partial charge in [0.05, 0.1) is 0 Å². The second kappa shape index (κ2) is 5.43.